The standard InChI is InChI=1S/C27H21N5O2/c1-34-21-13-11-18(12-14-21)23-24(26(33)31-20-8-3-2-4-9-20)32-25(27(23,16-28)17-29)22-10-6-5-7-19(22)15-30-32/h2-15,23-25H,1H3,(H,31,33). The molecule has 0 spiro atoms. The zero-order valence-electron chi connectivity index (χ0n) is 18.4. The Morgan fingerprint density at radius 3 is 2.35 bits per heavy atom. The molecule has 0 aromatic heterocycles. The van der Waals surface area contributed by atoms with Gasteiger partial charge in [-0.15, -0.1) is 0 Å². The molecular weight excluding hydrogens is 426 g/mol. The Kier molecular flexibility index (Phi) is 5.24. The summed E-state index contributed by atoms with van der Waals surface area (Å²) >= 11 is 0. The topological polar surface area (TPSA) is 102 Å². The molecule has 3 aromatic rings. The minimum atomic E-state index is -1.55. The number of anilines is 1. The number of amides is 1. The molecule has 3 aromatic carbocycles. The summed E-state index contributed by atoms with van der Waals surface area (Å²) in [5.41, 5.74) is 1.40. The van der Waals surface area contributed by atoms with E-state index in [9.17, 15) is 15.3 Å². The fourth-order valence-electron chi connectivity index (χ4n) is 5.03. The quantitative estimate of drug-likeness (QED) is 0.645. The molecule has 7 nitrogen and oxygen atoms in total. The maximum atomic E-state index is 13.7. The second-order valence-electron chi connectivity index (χ2n) is 8.30. The molecular formula is C27H21N5O2. The molecule has 5 rings (SSSR count). The summed E-state index contributed by atoms with van der Waals surface area (Å²) in [5.74, 6) is -0.445. The van der Waals surface area contributed by atoms with Gasteiger partial charge in [-0.05, 0) is 41.0 Å². The molecule has 0 aliphatic carbocycles. The molecule has 1 fully saturated rings. The Labute approximate surface area is 197 Å². The van der Waals surface area contributed by atoms with Gasteiger partial charge in [0.1, 0.15) is 17.8 Å². The van der Waals surface area contributed by atoms with Gasteiger partial charge in [-0.2, -0.15) is 15.6 Å². The SMILES string of the molecule is COc1ccc(C2C(C(=O)Nc3ccccc3)N3N=Cc4ccccc4C3C2(C#N)C#N)cc1. The lowest BCUT2D eigenvalue weighted by atomic mass is 9.68. The first-order valence-electron chi connectivity index (χ1n) is 10.9. The molecule has 0 bridgehead atoms. The van der Waals surface area contributed by atoms with Crippen molar-refractivity contribution < 1.29 is 9.53 Å². The van der Waals surface area contributed by atoms with Gasteiger partial charge < -0.3 is 10.1 Å². The van der Waals surface area contributed by atoms with Gasteiger partial charge in [-0.25, -0.2) is 0 Å². The maximum Gasteiger partial charge on any atom is 0.249 e. The van der Waals surface area contributed by atoms with Gasteiger partial charge in [-0.1, -0.05) is 54.6 Å². The molecule has 1 N–H and O–H groups in total. The van der Waals surface area contributed by atoms with Crippen molar-refractivity contribution in [2.75, 3.05) is 12.4 Å². The molecule has 0 saturated carbocycles. The number of ether oxygens (including phenoxy) is 1. The van der Waals surface area contributed by atoms with Crippen LogP contribution in [-0.2, 0) is 4.79 Å². The number of hydrogen-bond donors (Lipinski definition) is 1. The van der Waals surface area contributed by atoms with E-state index in [2.05, 4.69) is 22.6 Å². The van der Waals surface area contributed by atoms with Crippen LogP contribution in [0.4, 0.5) is 5.69 Å². The van der Waals surface area contributed by atoms with E-state index >= 15 is 0 Å². The van der Waals surface area contributed by atoms with E-state index in [1.165, 1.54) is 0 Å². The second-order valence-corrected chi connectivity index (χ2v) is 8.30. The van der Waals surface area contributed by atoms with Crippen LogP contribution in [0.25, 0.3) is 0 Å². The second kappa shape index (κ2) is 8.38. The lowest BCUT2D eigenvalue weighted by molar-refractivity contribution is -0.121. The monoisotopic (exact) mass is 447 g/mol. The van der Waals surface area contributed by atoms with Crippen LogP contribution in [0.15, 0.2) is 84.0 Å². The van der Waals surface area contributed by atoms with Crippen molar-refractivity contribution in [1.29, 1.82) is 10.5 Å². The van der Waals surface area contributed by atoms with Gasteiger partial charge in [0.05, 0.1) is 25.5 Å². The Balaban J connectivity index is 1.69. The summed E-state index contributed by atoms with van der Waals surface area (Å²) in [5, 5.41) is 30.2. The summed E-state index contributed by atoms with van der Waals surface area (Å²) < 4.78 is 5.29. The number of benzene rings is 3. The van der Waals surface area contributed by atoms with Crippen LogP contribution >= 0.6 is 0 Å². The number of nitrogens with one attached hydrogen (secondary N) is 1. The van der Waals surface area contributed by atoms with Crippen LogP contribution in [0.2, 0.25) is 0 Å². The van der Waals surface area contributed by atoms with Crippen LogP contribution in [0, 0.1) is 28.1 Å². The molecule has 2 heterocycles. The van der Waals surface area contributed by atoms with Crippen LogP contribution < -0.4 is 10.1 Å². The molecule has 3 atom stereocenters. The fourth-order valence-corrected chi connectivity index (χ4v) is 5.03. The van der Waals surface area contributed by atoms with Crippen molar-refractivity contribution in [3.8, 4) is 17.9 Å². The lowest BCUT2D eigenvalue weighted by Crippen LogP contribution is -2.41. The molecule has 1 saturated heterocycles. The Hall–Kier alpha value is -4.62. The average Bonchev–Trinajstić information content (AvgIpc) is 3.20. The summed E-state index contributed by atoms with van der Waals surface area (Å²) in [6.07, 6.45) is 1.69. The normalized spacial score (nSPS) is 21.5. The van der Waals surface area contributed by atoms with Crippen molar-refractivity contribution in [1.82, 2.24) is 5.01 Å². The fraction of sp³-hybridized carbons (Fsp3) is 0.185. The first-order chi connectivity index (χ1) is 16.6. The number of methoxy groups -OCH3 is 1. The van der Waals surface area contributed by atoms with Gasteiger partial charge in [0.2, 0.25) is 5.91 Å². The van der Waals surface area contributed by atoms with Crippen LogP contribution in [0.5, 0.6) is 5.75 Å². The Morgan fingerprint density at radius 1 is 1.00 bits per heavy atom. The lowest BCUT2D eigenvalue weighted by Gasteiger charge is -2.33. The first kappa shape index (κ1) is 21.2. The van der Waals surface area contributed by atoms with Gasteiger partial charge >= 0.3 is 0 Å². The maximum absolute atomic E-state index is 13.7. The van der Waals surface area contributed by atoms with Crippen molar-refractivity contribution in [3.63, 3.8) is 0 Å². The number of hydrogen-bond acceptors (Lipinski definition) is 6. The zero-order valence-corrected chi connectivity index (χ0v) is 18.4. The smallest absolute Gasteiger partial charge is 0.249 e. The van der Waals surface area contributed by atoms with E-state index in [1.807, 2.05) is 54.6 Å². The Bertz CT molecular complexity index is 1320. The highest BCUT2D eigenvalue weighted by Gasteiger charge is 2.65. The first-order valence-corrected chi connectivity index (χ1v) is 10.9. The third kappa shape index (κ3) is 3.18. The van der Waals surface area contributed by atoms with Gasteiger partial charge in [0.25, 0.3) is 0 Å². The molecule has 1 amide bonds. The highest BCUT2D eigenvalue weighted by molar-refractivity contribution is 5.97. The number of rotatable bonds is 4. The largest absolute Gasteiger partial charge is 0.497 e. The summed E-state index contributed by atoms with van der Waals surface area (Å²) in [6.45, 7) is 0. The number of carbonyl (C=O) groups is 1. The minimum absolute atomic E-state index is 0.332. The van der Waals surface area contributed by atoms with E-state index in [1.54, 1.807) is 42.6 Å². The number of carbonyl (C=O) groups excluding carboxylic acids is 1. The highest BCUT2D eigenvalue weighted by atomic mass is 16.5. The molecule has 2 aliphatic rings. The third-order valence-corrected chi connectivity index (χ3v) is 6.56. The van der Waals surface area contributed by atoms with E-state index in [0.717, 1.165) is 11.1 Å². The molecule has 3 unspecified atom stereocenters. The van der Waals surface area contributed by atoms with Gasteiger partial charge in [0.15, 0.2) is 5.41 Å². The van der Waals surface area contributed by atoms with Crippen LogP contribution in [0.1, 0.15) is 28.7 Å². The number of para-hydroxylation sites is 1. The van der Waals surface area contributed by atoms with E-state index in [0.29, 0.717) is 17.0 Å². The summed E-state index contributed by atoms with van der Waals surface area (Å²) in [7, 11) is 1.57. The van der Waals surface area contributed by atoms with E-state index in [4.69, 9.17) is 4.74 Å². The highest BCUT2D eigenvalue weighted by Crippen LogP contribution is 2.59. The predicted octanol–water partition coefficient (Wildman–Crippen LogP) is 4.22. The minimum Gasteiger partial charge on any atom is -0.497 e. The number of fused-ring (bicyclic) bond motifs is 3. The molecule has 166 valence electrons. The van der Waals surface area contributed by atoms with E-state index in [-0.39, 0.29) is 5.91 Å². The van der Waals surface area contributed by atoms with Crippen molar-refractivity contribution >= 4 is 17.8 Å². The van der Waals surface area contributed by atoms with Gasteiger partial charge in [-0.3, -0.25) is 9.80 Å². The summed E-state index contributed by atoms with van der Waals surface area (Å²) in [6, 6.07) is 26.8. The molecule has 34 heavy (non-hydrogen) atoms. The molecule has 7 heteroatoms. The number of hydrazone groups is 1. The number of nitrogens with zero attached hydrogens (tertiary/aromatic N) is 4. The molecule has 2 aliphatic heterocycles. The summed E-state index contributed by atoms with van der Waals surface area (Å²) in [4.78, 5) is 13.7. The van der Waals surface area contributed by atoms with Crippen LogP contribution in [0.3, 0.4) is 0 Å². The predicted molar refractivity (Wildman–Crippen MR) is 127 cm³/mol. The van der Waals surface area contributed by atoms with Crippen LogP contribution in [-0.4, -0.2) is 30.3 Å². The number of nitriles is 2. The zero-order chi connectivity index (χ0) is 23.7. The molecule has 0 radical (unpaired) electrons. The average molecular weight is 447 g/mol. The van der Waals surface area contributed by atoms with E-state index < -0.39 is 23.4 Å². The van der Waals surface area contributed by atoms with Crippen molar-refractivity contribution in [2.24, 2.45) is 10.5 Å². The van der Waals surface area contributed by atoms with Crippen molar-refractivity contribution in [2.45, 2.75) is 18.0 Å². The Morgan fingerprint density at radius 2 is 1.68 bits per heavy atom. The third-order valence-electron chi connectivity index (χ3n) is 6.56. The van der Waals surface area contributed by atoms with Crippen molar-refractivity contribution in [3.05, 3.63) is 95.6 Å². The van der Waals surface area contributed by atoms with Gasteiger partial charge in [0, 0.05) is 11.6 Å².